The van der Waals surface area contributed by atoms with Crippen molar-refractivity contribution in [3.05, 3.63) is 376 Å². The molecule has 9 aromatic rings. The van der Waals surface area contributed by atoms with Crippen LogP contribution in [-0.2, 0) is 0 Å². The lowest BCUT2D eigenvalue weighted by atomic mass is 10.0. The minimum Gasteiger partial charge on any atom is -0.314 e. The number of allylic oxidation sites excluding steroid dienone is 19. The molecule has 428 valence electrons. The van der Waals surface area contributed by atoms with Crippen LogP contribution in [0.5, 0.6) is 0 Å². The predicted molar refractivity (Wildman–Crippen MR) is 383 cm³/mol. The van der Waals surface area contributed by atoms with E-state index in [-0.39, 0.29) is 0 Å². The maximum Gasteiger partial charge on any atom is 0.0540 e. The Balaban J connectivity index is 1.06. The SMILES string of the molecule is C=C/C=C\C(=C)c1cccc(N(c2ccccc2)c2ccc(N(C(/C=C\C(=C)c3ccc(N(c4ccc(N(/C(C)=C/C=C\C)c5cccc(C(=C)/C=C\C=C/C)c5)cc4)c4cccc5ccccc45)cc3)=C/C)c3cccc(C)c3/C=C\C=C)cc2)c1. The summed E-state index contributed by atoms with van der Waals surface area (Å²) in [6.45, 7) is 31.7. The molecule has 0 fully saturated rings. The Morgan fingerprint density at radius 2 is 0.897 bits per heavy atom. The largest absolute Gasteiger partial charge is 0.314 e. The van der Waals surface area contributed by atoms with Crippen LogP contribution in [0.4, 0.5) is 56.9 Å². The Bertz CT molecular complexity index is 4170. The second-order valence-electron chi connectivity index (χ2n) is 20.9. The molecule has 0 saturated carbocycles. The van der Waals surface area contributed by atoms with Gasteiger partial charge in [0, 0.05) is 67.8 Å². The first-order valence-electron chi connectivity index (χ1n) is 29.5. The Morgan fingerprint density at radius 3 is 1.55 bits per heavy atom. The molecule has 0 spiro atoms. The van der Waals surface area contributed by atoms with Crippen LogP contribution in [0, 0.1) is 6.92 Å². The zero-order valence-electron chi connectivity index (χ0n) is 50.8. The summed E-state index contributed by atoms with van der Waals surface area (Å²) in [5, 5.41) is 2.32. The van der Waals surface area contributed by atoms with E-state index in [0.717, 1.165) is 118 Å². The van der Waals surface area contributed by atoms with Gasteiger partial charge in [-0.2, -0.15) is 0 Å². The molecule has 4 nitrogen and oxygen atoms in total. The third-order valence-electron chi connectivity index (χ3n) is 15.1. The van der Waals surface area contributed by atoms with Crippen molar-refractivity contribution in [1.29, 1.82) is 0 Å². The Morgan fingerprint density at radius 1 is 0.391 bits per heavy atom. The molecular formula is C83H76N4. The van der Waals surface area contributed by atoms with Crippen molar-refractivity contribution in [2.24, 2.45) is 0 Å². The number of aryl methyl sites for hydroxylation is 1. The summed E-state index contributed by atoms with van der Waals surface area (Å²) in [7, 11) is 0. The lowest BCUT2D eigenvalue weighted by molar-refractivity contribution is 1.15. The van der Waals surface area contributed by atoms with E-state index in [4.69, 9.17) is 0 Å². The molecule has 0 aliphatic carbocycles. The fourth-order valence-corrected chi connectivity index (χ4v) is 10.6. The van der Waals surface area contributed by atoms with Crippen LogP contribution in [0.1, 0.15) is 55.5 Å². The van der Waals surface area contributed by atoms with Crippen molar-refractivity contribution in [1.82, 2.24) is 0 Å². The Hall–Kier alpha value is -10.9. The smallest absolute Gasteiger partial charge is 0.0540 e. The zero-order valence-corrected chi connectivity index (χ0v) is 50.8. The van der Waals surface area contributed by atoms with E-state index in [1.807, 2.05) is 68.5 Å². The van der Waals surface area contributed by atoms with Gasteiger partial charge in [-0.1, -0.05) is 221 Å². The van der Waals surface area contributed by atoms with E-state index in [9.17, 15) is 0 Å². The number of nitrogens with zero attached hydrogens (tertiary/aromatic N) is 4. The predicted octanol–water partition coefficient (Wildman–Crippen LogP) is 24.1. The lowest BCUT2D eigenvalue weighted by Gasteiger charge is -2.30. The summed E-state index contributed by atoms with van der Waals surface area (Å²) in [6.07, 6.45) is 32.5. The number of benzene rings is 9. The summed E-state index contributed by atoms with van der Waals surface area (Å²) < 4.78 is 0. The number of hydrogen-bond acceptors (Lipinski definition) is 4. The van der Waals surface area contributed by atoms with Gasteiger partial charge in [0.25, 0.3) is 0 Å². The maximum absolute atomic E-state index is 4.66. The van der Waals surface area contributed by atoms with Crippen molar-refractivity contribution in [2.75, 3.05) is 19.6 Å². The van der Waals surface area contributed by atoms with Crippen molar-refractivity contribution in [3.63, 3.8) is 0 Å². The highest BCUT2D eigenvalue weighted by Gasteiger charge is 2.21. The Kier molecular flexibility index (Phi) is 20.6. The van der Waals surface area contributed by atoms with Gasteiger partial charge in [-0.15, -0.1) is 0 Å². The fourth-order valence-electron chi connectivity index (χ4n) is 10.6. The van der Waals surface area contributed by atoms with Crippen LogP contribution in [0.2, 0.25) is 0 Å². The number of rotatable bonds is 24. The van der Waals surface area contributed by atoms with Crippen molar-refractivity contribution in [2.45, 2.75) is 34.6 Å². The topological polar surface area (TPSA) is 13.0 Å². The average molecular weight is 1130 g/mol. The summed E-state index contributed by atoms with van der Waals surface area (Å²) in [5.41, 5.74) is 20.4. The molecule has 87 heavy (non-hydrogen) atoms. The zero-order chi connectivity index (χ0) is 61.1. The summed E-state index contributed by atoms with van der Waals surface area (Å²) in [6, 6.07) is 75.5. The molecule has 0 saturated heterocycles. The minimum atomic E-state index is 0.875. The second-order valence-corrected chi connectivity index (χ2v) is 20.9. The minimum absolute atomic E-state index is 0.875. The highest BCUT2D eigenvalue weighted by molar-refractivity contribution is 5.99. The number of fused-ring (bicyclic) bond motifs is 1. The van der Waals surface area contributed by atoms with E-state index in [2.05, 4.69) is 322 Å². The van der Waals surface area contributed by atoms with Gasteiger partial charge < -0.3 is 19.6 Å². The van der Waals surface area contributed by atoms with E-state index in [1.54, 1.807) is 6.08 Å². The first-order valence-corrected chi connectivity index (χ1v) is 29.5. The van der Waals surface area contributed by atoms with Crippen molar-refractivity contribution < 1.29 is 0 Å². The lowest BCUT2D eigenvalue weighted by Crippen LogP contribution is -2.17. The average Bonchev–Trinajstić information content (AvgIpc) is 2.84. The van der Waals surface area contributed by atoms with E-state index < -0.39 is 0 Å². The van der Waals surface area contributed by atoms with Gasteiger partial charge in [-0.05, 0) is 200 Å². The molecule has 9 rings (SSSR count). The number of hydrogen-bond donors (Lipinski definition) is 0. The van der Waals surface area contributed by atoms with Crippen LogP contribution in [-0.4, -0.2) is 0 Å². The monoisotopic (exact) mass is 1130 g/mol. The van der Waals surface area contributed by atoms with Crippen LogP contribution in [0.15, 0.2) is 348 Å². The van der Waals surface area contributed by atoms with Crippen LogP contribution in [0.3, 0.4) is 0 Å². The normalized spacial score (nSPS) is 12.1. The molecule has 0 heterocycles. The molecule has 0 aliphatic heterocycles. The maximum atomic E-state index is 4.66. The second kappa shape index (κ2) is 29.5. The summed E-state index contributed by atoms with van der Waals surface area (Å²) in [5.74, 6) is 0. The van der Waals surface area contributed by atoms with Gasteiger partial charge in [0.2, 0.25) is 0 Å². The third-order valence-corrected chi connectivity index (χ3v) is 15.1. The fraction of sp³-hybridized carbons (Fsp3) is 0.0602. The number of anilines is 10. The Labute approximate surface area is 517 Å². The molecule has 0 aliphatic rings. The number of para-hydroxylation sites is 1. The van der Waals surface area contributed by atoms with E-state index in [1.165, 1.54) is 5.39 Å². The first kappa shape index (κ1) is 60.6. The quantitative estimate of drug-likeness (QED) is 0.0559. The molecule has 0 N–H and O–H groups in total. The van der Waals surface area contributed by atoms with Gasteiger partial charge in [-0.25, -0.2) is 0 Å². The summed E-state index contributed by atoms with van der Waals surface area (Å²) in [4.78, 5) is 9.25. The van der Waals surface area contributed by atoms with Crippen LogP contribution < -0.4 is 19.6 Å². The molecular weight excluding hydrogens is 1050 g/mol. The molecule has 0 radical (unpaired) electrons. The van der Waals surface area contributed by atoms with Gasteiger partial charge >= 0.3 is 0 Å². The summed E-state index contributed by atoms with van der Waals surface area (Å²) >= 11 is 0. The molecule has 4 heteroatoms. The van der Waals surface area contributed by atoms with E-state index >= 15 is 0 Å². The highest BCUT2D eigenvalue weighted by atomic mass is 15.2. The van der Waals surface area contributed by atoms with Crippen molar-refractivity contribution in [3.8, 4) is 0 Å². The first-order chi connectivity index (χ1) is 42.5. The van der Waals surface area contributed by atoms with Crippen LogP contribution in [0.25, 0.3) is 33.6 Å². The van der Waals surface area contributed by atoms with Gasteiger partial charge in [0.1, 0.15) is 0 Å². The molecule has 0 atom stereocenters. The third kappa shape index (κ3) is 14.5. The van der Waals surface area contributed by atoms with Gasteiger partial charge in [0.05, 0.1) is 11.4 Å². The van der Waals surface area contributed by atoms with Gasteiger partial charge in [-0.3, -0.25) is 0 Å². The molecule has 9 aromatic carbocycles. The van der Waals surface area contributed by atoms with Crippen LogP contribution >= 0.6 is 0 Å². The van der Waals surface area contributed by atoms with Gasteiger partial charge in [0.15, 0.2) is 0 Å². The van der Waals surface area contributed by atoms with E-state index in [0.29, 0.717) is 0 Å². The van der Waals surface area contributed by atoms with Crippen molar-refractivity contribution >= 4 is 90.4 Å². The molecule has 0 aromatic heterocycles. The standard InChI is InChI=1S/C83H76N4/c1-11-16-21-31-63(7)69-36-27-40-78(60-69)84(66(10)33-18-13-3)73-52-56-77(57-53-73)87(83-45-29-35-68-34-24-25-43-81(68)83)75-50-47-67(48-51-75)64(8)46-49-71(15-5)86(82-44-26-32-65(9)80(82)42-19-14-4)76-58-54-74(55-59-76)85(72-38-22-20-23-39-72)79-41-28-37-70(61-79)62(6)30-17-12-2/h11-61H,2,4,6-8H2,1,3,5,9-10H3/b16-11-,18-13-,30-17-,31-21-,42-19-,49-46-,66-33+,71-15+. The molecule has 0 amide bonds. The molecule has 0 unspecified atom stereocenters. The molecule has 0 bridgehead atoms. The highest BCUT2D eigenvalue weighted by Crippen LogP contribution is 2.43.